The quantitative estimate of drug-likeness (QED) is 0.171. The van der Waals surface area contributed by atoms with Crippen molar-refractivity contribution in [2.75, 3.05) is 0 Å². The lowest BCUT2D eigenvalue weighted by molar-refractivity contribution is -0.137. The summed E-state index contributed by atoms with van der Waals surface area (Å²) < 4.78 is 48.5. The van der Waals surface area contributed by atoms with Gasteiger partial charge in [-0.3, -0.25) is 0 Å². The molecule has 0 spiro atoms. The number of aromatic nitrogens is 2. The number of benzene rings is 8. The highest BCUT2D eigenvalue weighted by Gasteiger charge is 2.32. The van der Waals surface area contributed by atoms with E-state index in [9.17, 15) is 18.4 Å². The molecule has 6 heteroatoms. The van der Waals surface area contributed by atoms with Crippen molar-refractivity contribution in [3.63, 3.8) is 0 Å². The standard InChI is InChI=1S/C54H38F3N3/c1-32-21-33(2)24-39(23-32)37-14-19-51-46(28-37)42-9-5-7-11-48(42)59(51)50-18-13-36(31-58)27-45(50)44-17-16-41(54(55,56)57)30-53(44)60-49-12-8-6-10-43(49)47-29-38(15-20-52(47)60)40-25-34(3)22-35(4)26-40/h5-30H,1-4H3. The van der Waals surface area contributed by atoms with Gasteiger partial charge in [0.1, 0.15) is 0 Å². The van der Waals surface area contributed by atoms with Gasteiger partial charge < -0.3 is 9.13 Å². The SMILES string of the molecule is Cc1cc(C)cc(-c2ccc3c(c2)c2ccccc2n3-c2ccc(C#N)cc2-c2ccc(C(F)(F)F)cc2-n2c3ccccc3c3cc(-c4cc(C)cc(C)c4)ccc32)c1. The van der Waals surface area contributed by atoms with E-state index in [2.05, 4.69) is 111 Å². The minimum atomic E-state index is -4.60. The maximum atomic E-state index is 14.8. The lowest BCUT2D eigenvalue weighted by Gasteiger charge is -2.20. The van der Waals surface area contributed by atoms with E-state index in [1.54, 1.807) is 18.2 Å². The third kappa shape index (κ3) is 6.13. The Morgan fingerprint density at radius 3 is 1.40 bits per heavy atom. The van der Waals surface area contributed by atoms with Crippen LogP contribution >= 0.6 is 0 Å². The smallest absolute Gasteiger partial charge is 0.309 e. The number of hydrogen-bond acceptors (Lipinski definition) is 1. The monoisotopic (exact) mass is 785 g/mol. The summed E-state index contributed by atoms with van der Waals surface area (Å²) >= 11 is 0. The van der Waals surface area contributed by atoms with Crippen LogP contribution in [0, 0.1) is 39.0 Å². The minimum Gasteiger partial charge on any atom is -0.309 e. The maximum Gasteiger partial charge on any atom is 0.416 e. The maximum absolute atomic E-state index is 14.8. The number of alkyl halides is 3. The first kappa shape index (κ1) is 36.9. The van der Waals surface area contributed by atoms with E-state index < -0.39 is 11.7 Å². The van der Waals surface area contributed by atoms with Gasteiger partial charge in [0.2, 0.25) is 0 Å². The van der Waals surface area contributed by atoms with Crippen LogP contribution in [0.3, 0.4) is 0 Å². The second-order valence-corrected chi connectivity index (χ2v) is 16.0. The zero-order chi connectivity index (χ0) is 41.4. The molecule has 8 aromatic carbocycles. The highest BCUT2D eigenvalue weighted by atomic mass is 19.4. The number of nitriles is 1. The zero-order valence-electron chi connectivity index (χ0n) is 33.5. The zero-order valence-corrected chi connectivity index (χ0v) is 33.5. The van der Waals surface area contributed by atoms with E-state index in [0.29, 0.717) is 22.4 Å². The second-order valence-electron chi connectivity index (χ2n) is 16.0. The molecule has 0 N–H and O–H groups in total. The molecule has 60 heavy (non-hydrogen) atoms. The van der Waals surface area contributed by atoms with Crippen molar-refractivity contribution in [2.24, 2.45) is 0 Å². The molecule has 0 atom stereocenters. The number of aryl methyl sites for hydroxylation is 4. The van der Waals surface area contributed by atoms with E-state index >= 15 is 0 Å². The fourth-order valence-electron chi connectivity index (χ4n) is 9.24. The molecule has 10 rings (SSSR count). The topological polar surface area (TPSA) is 33.6 Å². The van der Waals surface area contributed by atoms with E-state index in [4.69, 9.17) is 0 Å². The Bertz CT molecular complexity index is 3390. The summed E-state index contributed by atoms with van der Waals surface area (Å²) in [6.07, 6.45) is -4.60. The van der Waals surface area contributed by atoms with Gasteiger partial charge in [0, 0.05) is 32.7 Å². The number of rotatable bonds is 5. The van der Waals surface area contributed by atoms with E-state index in [0.717, 1.165) is 88.7 Å². The molecule has 0 saturated carbocycles. The normalized spacial score (nSPS) is 11.9. The minimum absolute atomic E-state index is 0.365. The van der Waals surface area contributed by atoms with Gasteiger partial charge in [0.15, 0.2) is 0 Å². The average Bonchev–Trinajstić information content (AvgIpc) is 3.74. The molecule has 0 fully saturated rings. The van der Waals surface area contributed by atoms with Crippen LogP contribution in [-0.2, 0) is 6.18 Å². The van der Waals surface area contributed by atoms with Crippen molar-refractivity contribution in [1.29, 1.82) is 5.26 Å². The Kier molecular flexibility index (Phi) is 8.55. The molecule has 0 radical (unpaired) electrons. The second kappa shape index (κ2) is 13.9. The molecule has 0 aliphatic heterocycles. The number of hydrogen-bond donors (Lipinski definition) is 0. The van der Waals surface area contributed by atoms with E-state index in [1.807, 2.05) is 59.2 Å². The highest BCUT2D eigenvalue weighted by Crippen LogP contribution is 2.44. The van der Waals surface area contributed by atoms with Gasteiger partial charge in [-0.2, -0.15) is 18.4 Å². The molecule has 0 amide bonds. The fraction of sp³-hybridized carbons (Fsp3) is 0.0926. The lowest BCUT2D eigenvalue weighted by Crippen LogP contribution is -2.08. The first-order valence-corrected chi connectivity index (χ1v) is 20.0. The van der Waals surface area contributed by atoms with Crippen molar-refractivity contribution in [3.8, 4) is 50.8 Å². The number of para-hydroxylation sites is 2. The van der Waals surface area contributed by atoms with E-state index in [1.165, 1.54) is 17.2 Å². The molecule has 3 nitrogen and oxygen atoms in total. The molecule has 0 aliphatic rings. The van der Waals surface area contributed by atoms with Crippen LogP contribution < -0.4 is 0 Å². The number of fused-ring (bicyclic) bond motifs is 6. The van der Waals surface area contributed by atoms with Gasteiger partial charge in [0.05, 0.1) is 50.6 Å². The van der Waals surface area contributed by atoms with Crippen molar-refractivity contribution in [2.45, 2.75) is 33.9 Å². The Hall–Kier alpha value is -7.36. The van der Waals surface area contributed by atoms with Gasteiger partial charge >= 0.3 is 6.18 Å². The summed E-state index contributed by atoms with van der Waals surface area (Å²) in [6.45, 7) is 8.36. The molecular weight excluding hydrogens is 748 g/mol. The molecule has 0 aliphatic carbocycles. The van der Waals surface area contributed by atoms with Gasteiger partial charge in [-0.05, 0) is 117 Å². The third-order valence-electron chi connectivity index (χ3n) is 11.7. The first-order valence-electron chi connectivity index (χ1n) is 20.0. The van der Waals surface area contributed by atoms with Gasteiger partial charge in [-0.25, -0.2) is 0 Å². The van der Waals surface area contributed by atoms with Crippen LogP contribution in [0.4, 0.5) is 13.2 Å². The number of halogens is 3. The summed E-state index contributed by atoms with van der Waals surface area (Å²) in [7, 11) is 0. The summed E-state index contributed by atoms with van der Waals surface area (Å²) in [5.74, 6) is 0. The van der Waals surface area contributed by atoms with Crippen LogP contribution in [0.5, 0.6) is 0 Å². The molecule has 290 valence electrons. The molecule has 2 heterocycles. The Morgan fingerprint density at radius 1 is 0.417 bits per heavy atom. The summed E-state index contributed by atoms with van der Waals surface area (Å²) in [5.41, 5.74) is 14.4. The van der Waals surface area contributed by atoms with Crippen molar-refractivity contribution < 1.29 is 13.2 Å². The van der Waals surface area contributed by atoms with Crippen LogP contribution in [-0.4, -0.2) is 9.13 Å². The van der Waals surface area contributed by atoms with Crippen LogP contribution in [0.25, 0.3) is 88.4 Å². The predicted molar refractivity (Wildman–Crippen MR) is 240 cm³/mol. The van der Waals surface area contributed by atoms with Crippen molar-refractivity contribution in [1.82, 2.24) is 9.13 Å². The average molecular weight is 786 g/mol. The summed E-state index contributed by atoms with van der Waals surface area (Å²) in [6, 6.07) is 53.5. The molecule has 0 saturated heterocycles. The first-order chi connectivity index (χ1) is 28.9. The Balaban J connectivity index is 1.26. The summed E-state index contributed by atoms with van der Waals surface area (Å²) in [4.78, 5) is 0. The Morgan fingerprint density at radius 2 is 0.900 bits per heavy atom. The van der Waals surface area contributed by atoms with Gasteiger partial charge in [-0.15, -0.1) is 0 Å². The molecule has 0 unspecified atom stereocenters. The third-order valence-corrected chi connectivity index (χ3v) is 11.7. The molecule has 2 aromatic heterocycles. The van der Waals surface area contributed by atoms with Crippen LogP contribution in [0.15, 0.2) is 158 Å². The van der Waals surface area contributed by atoms with Crippen molar-refractivity contribution in [3.05, 3.63) is 191 Å². The van der Waals surface area contributed by atoms with Gasteiger partial charge in [0.25, 0.3) is 0 Å². The fourth-order valence-corrected chi connectivity index (χ4v) is 9.24. The largest absolute Gasteiger partial charge is 0.416 e. The Labute approximate surface area is 345 Å². The summed E-state index contributed by atoms with van der Waals surface area (Å²) in [5, 5.41) is 14.2. The molecule has 10 aromatic rings. The van der Waals surface area contributed by atoms with Crippen LogP contribution in [0.2, 0.25) is 0 Å². The lowest BCUT2D eigenvalue weighted by atomic mass is 9.96. The highest BCUT2D eigenvalue weighted by molar-refractivity contribution is 6.12. The van der Waals surface area contributed by atoms with E-state index in [-0.39, 0.29) is 0 Å². The van der Waals surface area contributed by atoms with Crippen LogP contribution in [0.1, 0.15) is 33.4 Å². The number of nitrogens with zero attached hydrogens (tertiary/aromatic N) is 3. The predicted octanol–water partition coefficient (Wildman–Crippen LogP) is 15.0. The van der Waals surface area contributed by atoms with Gasteiger partial charge in [-0.1, -0.05) is 113 Å². The molecule has 0 bridgehead atoms. The van der Waals surface area contributed by atoms with Crippen molar-refractivity contribution >= 4 is 43.6 Å². The molecular formula is C54H38F3N3.